The molecule has 1 aromatic heterocycles. The number of nitrogens with one attached hydrogen (secondary N) is 2. The number of nitrogens with zero attached hydrogens (tertiary/aromatic N) is 1. The lowest BCUT2D eigenvalue weighted by molar-refractivity contribution is -0.116. The van der Waals surface area contributed by atoms with Crippen molar-refractivity contribution in [1.82, 2.24) is 9.55 Å². The van der Waals surface area contributed by atoms with Gasteiger partial charge in [0.25, 0.3) is 5.56 Å². The van der Waals surface area contributed by atoms with Gasteiger partial charge in [0.2, 0.25) is 15.9 Å². The van der Waals surface area contributed by atoms with Crippen LogP contribution >= 0.6 is 0 Å². The van der Waals surface area contributed by atoms with Gasteiger partial charge in [-0.05, 0) is 18.2 Å². The molecule has 0 unspecified atom stereocenters. The van der Waals surface area contributed by atoms with E-state index in [1.165, 1.54) is 0 Å². The SMILES string of the molecule is NS(=O)(=O)c1ccc(O)c(NC(=O)Cn2ccc(=O)[nH]c2=O)c1. The molecule has 0 aliphatic rings. The Morgan fingerprint density at radius 2 is 2.00 bits per heavy atom. The molecule has 1 amide bonds. The van der Waals surface area contributed by atoms with Crippen LogP contribution in [0.25, 0.3) is 0 Å². The Balaban J connectivity index is 2.23. The normalized spacial score (nSPS) is 11.2. The molecule has 0 saturated heterocycles. The molecule has 0 spiro atoms. The van der Waals surface area contributed by atoms with Crippen LogP contribution in [0.4, 0.5) is 5.69 Å². The van der Waals surface area contributed by atoms with E-state index >= 15 is 0 Å². The molecule has 2 rings (SSSR count). The summed E-state index contributed by atoms with van der Waals surface area (Å²) in [5, 5.41) is 16.9. The van der Waals surface area contributed by atoms with Gasteiger partial charge in [0.15, 0.2) is 0 Å². The van der Waals surface area contributed by atoms with Gasteiger partial charge in [0.05, 0.1) is 10.6 Å². The molecule has 0 fully saturated rings. The number of benzene rings is 1. The largest absolute Gasteiger partial charge is 0.506 e. The van der Waals surface area contributed by atoms with Crippen LogP contribution in [0.5, 0.6) is 5.75 Å². The van der Waals surface area contributed by atoms with Crippen LogP contribution in [0.15, 0.2) is 44.9 Å². The van der Waals surface area contributed by atoms with E-state index in [1.54, 1.807) is 0 Å². The van der Waals surface area contributed by atoms with E-state index in [9.17, 15) is 27.9 Å². The van der Waals surface area contributed by atoms with Gasteiger partial charge in [-0.1, -0.05) is 0 Å². The number of carbonyl (C=O) groups excluding carboxylic acids is 1. The van der Waals surface area contributed by atoms with Crippen LogP contribution in [0.1, 0.15) is 0 Å². The summed E-state index contributed by atoms with van der Waals surface area (Å²) in [5.74, 6) is -1.10. The molecule has 0 saturated carbocycles. The highest BCUT2D eigenvalue weighted by Crippen LogP contribution is 2.25. The Hall–Kier alpha value is -2.92. The minimum Gasteiger partial charge on any atom is -0.506 e. The van der Waals surface area contributed by atoms with E-state index in [2.05, 4.69) is 5.32 Å². The van der Waals surface area contributed by atoms with Crippen molar-refractivity contribution in [2.24, 2.45) is 5.14 Å². The number of aromatic nitrogens is 2. The number of carbonyl (C=O) groups is 1. The number of sulfonamides is 1. The van der Waals surface area contributed by atoms with Gasteiger partial charge in [-0.3, -0.25) is 19.1 Å². The van der Waals surface area contributed by atoms with Gasteiger partial charge in [0.1, 0.15) is 12.3 Å². The number of anilines is 1. The first-order chi connectivity index (χ1) is 10.7. The molecule has 10 nitrogen and oxygen atoms in total. The molecule has 0 aliphatic carbocycles. The van der Waals surface area contributed by atoms with Crippen molar-refractivity contribution in [3.63, 3.8) is 0 Å². The van der Waals surface area contributed by atoms with Crippen molar-refractivity contribution < 1.29 is 18.3 Å². The zero-order valence-electron chi connectivity index (χ0n) is 11.5. The highest BCUT2D eigenvalue weighted by Gasteiger charge is 2.13. The standard InChI is InChI=1S/C12H12N4O6S/c13-23(21,22)7-1-2-9(17)8(5-7)14-11(19)6-16-4-3-10(18)15-12(16)20/h1-5,17H,6H2,(H,14,19)(H2,13,21,22)(H,15,18,20). The number of hydrogen-bond acceptors (Lipinski definition) is 6. The van der Waals surface area contributed by atoms with Gasteiger partial charge in [-0.15, -0.1) is 0 Å². The first-order valence-corrected chi connectivity index (χ1v) is 7.67. The Morgan fingerprint density at radius 1 is 1.30 bits per heavy atom. The number of primary sulfonamides is 1. The third-order valence-corrected chi connectivity index (χ3v) is 3.69. The number of rotatable bonds is 4. The monoisotopic (exact) mass is 340 g/mol. The second-order valence-corrected chi connectivity index (χ2v) is 6.07. The van der Waals surface area contributed by atoms with E-state index in [0.29, 0.717) is 0 Å². The van der Waals surface area contributed by atoms with Crippen molar-refractivity contribution in [1.29, 1.82) is 0 Å². The summed E-state index contributed by atoms with van der Waals surface area (Å²) in [6.45, 7) is -0.450. The third-order valence-electron chi connectivity index (χ3n) is 2.78. The summed E-state index contributed by atoms with van der Waals surface area (Å²) in [7, 11) is -4.01. The highest BCUT2D eigenvalue weighted by molar-refractivity contribution is 7.89. The van der Waals surface area contributed by atoms with Crippen molar-refractivity contribution in [2.45, 2.75) is 11.4 Å². The molecule has 1 aromatic carbocycles. The maximum absolute atomic E-state index is 11.9. The fraction of sp³-hybridized carbons (Fsp3) is 0.0833. The highest BCUT2D eigenvalue weighted by atomic mass is 32.2. The van der Waals surface area contributed by atoms with E-state index in [1.807, 2.05) is 4.98 Å². The molecule has 0 aliphatic heterocycles. The zero-order chi connectivity index (χ0) is 17.2. The molecule has 5 N–H and O–H groups in total. The number of phenols is 1. The number of aromatic amines is 1. The molecular weight excluding hydrogens is 328 g/mol. The number of amides is 1. The Bertz CT molecular complexity index is 976. The topological polar surface area (TPSA) is 164 Å². The summed E-state index contributed by atoms with van der Waals surface area (Å²) in [6.07, 6.45) is 1.13. The number of nitrogens with two attached hydrogens (primary N) is 1. The van der Waals surface area contributed by atoms with Crippen LogP contribution < -0.4 is 21.7 Å². The molecule has 2 aromatic rings. The fourth-order valence-corrected chi connectivity index (χ4v) is 2.25. The molecule has 1 heterocycles. The molecule has 0 bridgehead atoms. The average molecular weight is 340 g/mol. The van der Waals surface area contributed by atoms with Crippen molar-refractivity contribution in [2.75, 3.05) is 5.32 Å². The van der Waals surface area contributed by atoms with Crippen LogP contribution in [0, 0.1) is 0 Å². The average Bonchev–Trinajstić information content (AvgIpc) is 2.43. The van der Waals surface area contributed by atoms with Crippen molar-refractivity contribution in [3.8, 4) is 5.75 Å². The summed E-state index contributed by atoms with van der Waals surface area (Å²) >= 11 is 0. The molecule has 11 heteroatoms. The maximum Gasteiger partial charge on any atom is 0.328 e. The van der Waals surface area contributed by atoms with Crippen molar-refractivity contribution >= 4 is 21.6 Å². The van der Waals surface area contributed by atoms with Crippen molar-refractivity contribution in [3.05, 3.63) is 51.3 Å². The van der Waals surface area contributed by atoms with E-state index in [4.69, 9.17) is 5.14 Å². The first kappa shape index (κ1) is 16.5. The van der Waals surface area contributed by atoms with Crippen LogP contribution in [-0.2, 0) is 21.4 Å². The van der Waals surface area contributed by atoms with Gasteiger partial charge < -0.3 is 10.4 Å². The summed E-state index contributed by atoms with van der Waals surface area (Å²) in [6, 6.07) is 4.18. The van der Waals surface area contributed by atoms with E-state index in [0.717, 1.165) is 35.0 Å². The zero-order valence-corrected chi connectivity index (χ0v) is 12.3. The van der Waals surface area contributed by atoms with Gasteiger partial charge in [0, 0.05) is 12.3 Å². The first-order valence-electron chi connectivity index (χ1n) is 6.12. The smallest absolute Gasteiger partial charge is 0.328 e. The third kappa shape index (κ3) is 4.05. The maximum atomic E-state index is 11.9. The predicted octanol–water partition coefficient (Wildman–Crippen LogP) is -1.47. The quantitative estimate of drug-likeness (QED) is 0.496. The minimum absolute atomic E-state index is 0.181. The minimum atomic E-state index is -4.01. The van der Waals surface area contributed by atoms with Gasteiger partial charge >= 0.3 is 5.69 Å². The Morgan fingerprint density at radius 3 is 2.61 bits per heavy atom. The molecule has 0 atom stereocenters. The lowest BCUT2D eigenvalue weighted by atomic mass is 10.3. The number of aromatic hydroxyl groups is 1. The molecule has 122 valence electrons. The second-order valence-electron chi connectivity index (χ2n) is 4.51. The van der Waals surface area contributed by atoms with Gasteiger partial charge in [-0.25, -0.2) is 18.4 Å². The summed E-state index contributed by atoms with van der Waals surface area (Å²) in [5.41, 5.74) is -1.57. The van der Waals surface area contributed by atoms with Gasteiger partial charge in [-0.2, -0.15) is 0 Å². The lowest BCUT2D eigenvalue weighted by Gasteiger charge is -2.09. The molecular formula is C12H12N4O6S. The van der Waals surface area contributed by atoms with E-state index in [-0.39, 0.29) is 16.3 Å². The predicted molar refractivity (Wildman–Crippen MR) is 79.4 cm³/mol. The molecule has 0 radical (unpaired) electrons. The summed E-state index contributed by atoms with van der Waals surface area (Å²) in [4.78, 5) is 35.9. The number of hydrogen-bond donors (Lipinski definition) is 4. The molecule has 23 heavy (non-hydrogen) atoms. The second kappa shape index (κ2) is 6.06. The van der Waals surface area contributed by atoms with E-state index < -0.39 is 33.7 Å². The van der Waals surface area contributed by atoms with Crippen LogP contribution in [0.2, 0.25) is 0 Å². The number of H-pyrrole nitrogens is 1. The lowest BCUT2D eigenvalue weighted by Crippen LogP contribution is -2.32. The fourth-order valence-electron chi connectivity index (χ4n) is 1.71. The Labute approximate surface area is 129 Å². The Kier molecular flexibility index (Phi) is 4.33. The van der Waals surface area contributed by atoms with Crippen LogP contribution in [0.3, 0.4) is 0 Å². The van der Waals surface area contributed by atoms with Crippen LogP contribution in [-0.4, -0.2) is 29.0 Å². The number of phenolic OH excluding ortho intramolecular Hbond substituents is 1. The summed E-state index contributed by atoms with van der Waals surface area (Å²) < 4.78 is 23.4.